The van der Waals surface area contributed by atoms with Crippen LogP contribution < -0.4 is 5.32 Å². The van der Waals surface area contributed by atoms with Crippen molar-refractivity contribution in [1.29, 1.82) is 0 Å². The third-order valence-corrected chi connectivity index (χ3v) is 4.31. The number of urea groups is 1. The molecule has 0 unspecified atom stereocenters. The van der Waals surface area contributed by atoms with E-state index >= 15 is 0 Å². The van der Waals surface area contributed by atoms with Gasteiger partial charge in [-0.3, -0.25) is 0 Å². The number of aliphatic hydroxyl groups is 1. The highest BCUT2D eigenvalue weighted by Crippen LogP contribution is 2.27. The molecule has 0 saturated carbocycles. The van der Waals surface area contributed by atoms with Crippen molar-refractivity contribution >= 4 is 23.5 Å². The van der Waals surface area contributed by atoms with Gasteiger partial charge in [-0.25, -0.2) is 4.79 Å². The zero-order valence-electron chi connectivity index (χ0n) is 11.4. The largest absolute Gasteiger partial charge is 0.393 e. The van der Waals surface area contributed by atoms with Gasteiger partial charge >= 0.3 is 6.03 Å². The summed E-state index contributed by atoms with van der Waals surface area (Å²) in [6.45, 7) is 4.92. The number of carbonyl (C=O) groups excluding carboxylic acids is 1. The van der Waals surface area contributed by atoms with Gasteiger partial charge in [0, 0.05) is 23.7 Å². The summed E-state index contributed by atoms with van der Waals surface area (Å²) in [6.07, 6.45) is 2.88. The van der Waals surface area contributed by atoms with E-state index in [2.05, 4.69) is 11.9 Å². The number of nitrogens with one attached hydrogen (secondary N) is 1. The van der Waals surface area contributed by atoms with E-state index in [1.807, 2.05) is 30.3 Å². The average Bonchev–Trinajstić information content (AvgIpc) is 2.47. The monoisotopic (exact) mass is 292 g/mol. The third-order valence-electron chi connectivity index (χ3n) is 3.24. The zero-order valence-corrected chi connectivity index (χ0v) is 12.2. The first-order chi connectivity index (χ1) is 9.70. The third kappa shape index (κ3) is 4.02. The minimum atomic E-state index is -0.269. The molecule has 1 fully saturated rings. The molecule has 0 spiro atoms. The molecule has 0 atom stereocenters. The lowest BCUT2D eigenvalue weighted by atomic mass is 10.1. The lowest BCUT2D eigenvalue weighted by Crippen LogP contribution is -2.42. The molecule has 1 aromatic rings. The summed E-state index contributed by atoms with van der Waals surface area (Å²) < 4.78 is 0. The lowest BCUT2D eigenvalue weighted by Gasteiger charge is -2.29. The summed E-state index contributed by atoms with van der Waals surface area (Å²) in [7, 11) is 0. The van der Waals surface area contributed by atoms with Crippen LogP contribution >= 0.6 is 11.8 Å². The van der Waals surface area contributed by atoms with E-state index in [0.717, 1.165) is 16.3 Å². The Morgan fingerprint density at radius 1 is 1.45 bits per heavy atom. The first kappa shape index (κ1) is 14.9. The van der Waals surface area contributed by atoms with Crippen LogP contribution in [0.2, 0.25) is 0 Å². The number of hydrogen-bond donors (Lipinski definition) is 2. The summed E-state index contributed by atoms with van der Waals surface area (Å²) in [5.41, 5.74) is 0.829. The van der Waals surface area contributed by atoms with Crippen LogP contribution in [0.1, 0.15) is 12.8 Å². The van der Waals surface area contributed by atoms with Crippen molar-refractivity contribution in [1.82, 2.24) is 4.90 Å². The second kappa shape index (κ2) is 7.36. The normalized spacial score (nSPS) is 15.9. The minimum absolute atomic E-state index is 0.0939. The van der Waals surface area contributed by atoms with Crippen molar-refractivity contribution in [2.75, 3.05) is 24.2 Å². The molecule has 0 radical (unpaired) electrons. The van der Waals surface area contributed by atoms with Crippen molar-refractivity contribution in [3.05, 3.63) is 36.9 Å². The fraction of sp³-hybridized carbons (Fsp3) is 0.400. The van der Waals surface area contributed by atoms with Gasteiger partial charge in [-0.2, -0.15) is 0 Å². The molecule has 1 aliphatic heterocycles. The Balaban J connectivity index is 1.98. The number of rotatable bonds is 4. The SMILES string of the molecule is C=CCSc1ccccc1NC(=O)N1CCC(O)CC1. The van der Waals surface area contributed by atoms with E-state index in [4.69, 9.17) is 0 Å². The number of amides is 2. The fourth-order valence-electron chi connectivity index (χ4n) is 2.11. The topological polar surface area (TPSA) is 52.6 Å². The molecule has 2 N–H and O–H groups in total. The van der Waals surface area contributed by atoms with Crippen LogP contribution in [0.25, 0.3) is 0 Å². The van der Waals surface area contributed by atoms with E-state index in [-0.39, 0.29) is 12.1 Å². The Morgan fingerprint density at radius 2 is 2.15 bits per heavy atom. The number of aliphatic hydroxyl groups excluding tert-OH is 1. The van der Waals surface area contributed by atoms with Gasteiger partial charge < -0.3 is 15.3 Å². The first-order valence-corrected chi connectivity index (χ1v) is 7.76. The number of anilines is 1. The molecule has 20 heavy (non-hydrogen) atoms. The Morgan fingerprint density at radius 3 is 2.85 bits per heavy atom. The molecule has 0 aromatic heterocycles. The maximum absolute atomic E-state index is 12.2. The maximum Gasteiger partial charge on any atom is 0.321 e. The maximum atomic E-state index is 12.2. The van der Waals surface area contributed by atoms with Crippen molar-refractivity contribution in [3.63, 3.8) is 0 Å². The van der Waals surface area contributed by atoms with Gasteiger partial charge in [0.1, 0.15) is 0 Å². The van der Waals surface area contributed by atoms with Gasteiger partial charge in [-0.1, -0.05) is 18.2 Å². The van der Waals surface area contributed by atoms with Gasteiger partial charge in [0.15, 0.2) is 0 Å². The van der Waals surface area contributed by atoms with Crippen LogP contribution in [0.3, 0.4) is 0 Å². The molecular weight excluding hydrogens is 272 g/mol. The standard InChI is InChI=1S/C15H20N2O2S/c1-2-11-20-14-6-4-3-5-13(14)16-15(19)17-9-7-12(18)8-10-17/h2-6,12,18H,1,7-11H2,(H,16,19). The van der Waals surface area contributed by atoms with E-state index in [1.165, 1.54) is 0 Å². The van der Waals surface area contributed by atoms with Crippen LogP contribution in [0.4, 0.5) is 10.5 Å². The second-order valence-electron chi connectivity index (χ2n) is 4.74. The summed E-state index contributed by atoms with van der Waals surface area (Å²) >= 11 is 1.64. The van der Waals surface area contributed by atoms with E-state index in [9.17, 15) is 9.90 Å². The Bertz CT molecular complexity index is 471. The average molecular weight is 292 g/mol. The van der Waals surface area contributed by atoms with E-state index < -0.39 is 0 Å². The van der Waals surface area contributed by atoms with Gasteiger partial charge in [-0.15, -0.1) is 18.3 Å². The summed E-state index contributed by atoms with van der Waals surface area (Å²) in [5.74, 6) is 0.808. The molecule has 1 aliphatic rings. The summed E-state index contributed by atoms with van der Waals surface area (Å²) in [5, 5.41) is 12.4. The zero-order chi connectivity index (χ0) is 14.4. The number of piperidine rings is 1. The Kier molecular flexibility index (Phi) is 5.49. The number of para-hydroxylation sites is 1. The lowest BCUT2D eigenvalue weighted by molar-refractivity contribution is 0.0972. The Hall–Kier alpha value is -1.46. The summed E-state index contributed by atoms with van der Waals surface area (Å²) in [4.78, 5) is 15.0. The molecular formula is C15H20N2O2S. The molecule has 1 aromatic carbocycles. The van der Waals surface area contributed by atoms with Crippen molar-refractivity contribution in [3.8, 4) is 0 Å². The molecule has 2 rings (SSSR count). The highest BCUT2D eigenvalue weighted by Gasteiger charge is 2.21. The van der Waals surface area contributed by atoms with Crippen molar-refractivity contribution in [2.45, 2.75) is 23.8 Å². The van der Waals surface area contributed by atoms with Crippen LogP contribution in [0, 0.1) is 0 Å². The highest BCUT2D eigenvalue weighted by molar-refractivity contribution is 7.99. The Labute approximate surface area is 123 Å². The quantitative estimate of drug-likeness (QED) is 0.662. The molecule has 1 saturated heterocycles. The van der Waals surface area contributed by atoms with Gasteiger partial charge in [0.05, 0.1) is 11.8 Å². The minimum Gasteiger partial charge on any atom is -0.393 e. The number of thioether (sulfide) groups is 1. The summed E-state index contributed by atoms with van der Waals surface area (Å²) in [6, 6.07) is 7.67. The first-order valence-electron chi connectivity index (χ1n) is 6.77. The van der Waals surface area contributed by atoms with Gasteiger partial charge in [0.25, 0.3) is 0 Å². The molecule has 1 heterocycles. The number of hydrogen-bond acceptors (Lipinski definition) is 3. The molecule has 5 heteroatoms. The van der Waals surface area contributed by atoms with Crippen LogP contribution in [0.5, 0.6) is 0 Å². The predicted molar refractivity (Wildman–Crippen MR) is 83.2 cm³/mol. The van der Waals surface area contributed by atoms with Crippen molar-refractivity contribution < 1.29 is 9.90 Å². The molecule has 2 amide bonds. The number of carbonyl (C=O) groups is 1. The fourth-order valence-corrected chi connectivity index (χ4v) is 2.85. The highest BCUT2D eigenvalue weighted by atomic mass is 32.2. The van der Waals surface area contributed by atoms with Crippen LogP contribution in [-0.4, -0.2) is 41.0 Å². The van der Waals surface area contributed by atoms with Crippen molar-refractivity contribution in [2.24, 2.45) is 0 Å². The smallest absolute Gasteiger partial charge is 0.321 e. The number of nitrogens with zero attached hydrogens (tertiary/aromatic N) is 1. The number of benzene rings is 1. The molecule has 108 valence electrons. The van der Waals surface area contributed by atoms with Crippen LogP contribution in [-0.2, 0) is 0 Å². The number of likely N-dealkylation sites (tertiary alicyclic amines) is 1. The molecule has 4 nitrogen and oxygen atoms in total. The second-order valence-corrected chi connectivity index (χ2v) is 5.81. The predicted octanol–water partition coefficient (Wildman–Crippen LogP) is 2.95. The van der Waals surface area contributed by atoms with Gasteiger partial charge in [-0.05, 0) is 25.0 Å². The van der Waals surface area contributed by atoms with E-state index in [0.29, 0.717) is 25.9 Å². The molecule has 0 bridgehead atoms. The van der Waals surface area contributed by atoms with Crippen LogP contribution in [0.15, 0.2) is 41.8 Å². The van der Waals surface area contributed by atoms with Gasteiger partial charge in [0.2, 0.25) is 0 Å². The molecule has 0 aliphatic carbocycles. The van der Waals surface area contributed by atoms with E-state index in [1.54, 1.807) is 16.7 Å².